The third-order valence-corrected chi connectivity index (χ3v) is 5.78. The van der Waals surface area contributed by atoms with E-state index in [0.717, 1.165) is 0 Å². The van der Waals surface area contributed by atoms with E-state index in [1.54, 1.807) is 19.1 Å². The molecule has 0 bridgehead atoms. The van der Waals surface area contributed by atoms with Crippen molar-refractivity contribution in [1.82, 2.24) is 16.0 Å². The number of amides is 3. The van der Waals surface area contributed by atoms with Crippen LogP contribution in [-0.4, -0.2) is 70.6 Å². The number of nitrogens with zero attached hydrogens (tertiary/aromatic N) is 1. The topological polar surface area (TPSA) is 235 Å². The highest BCUT2D eigenvalue weighted by atomic mass is 16.4. The first kappa shape index (κ1) is 31.2. The van der Waals surface area contributed by atoms with Gasteiger partial charge in [0.05, 0.1) is 6.04 Å². The molecule has 13 nitrogen and oxygen atoms in total. The number of phenols is 1. The van der Waals surface area contributed by atoms with Crippen LogP contribution in [0, 0.1) is 5.92 Å². The monoisotopic (exact) mass is 521 g/mol. The van der Waals surface area contributed by atoms with Crippen LogP contribution in [0.25, 0.3) is 0 Å². The first-order chi connectivity index (χ1) is 17.3. The number of guanidine groups is 1. The highest BCUT2D eigenvalue weighted by Gasteiger charge is 2.32. The summed E-state index contributed by atoms with van der Waals surface area (Å²) >= 11 is 0. The number of carbonyl (C=O) groups excluding carboxylic acids is 3. The van der Waals surface area contributed by atoms with Crippen LogP contribution in [-0.2, 0) is 25.6 Å². The normalized spacial score (nSPS) is 14.8. The van der Waals surface area contributed by atoms with E-state index in [1.807, 2.05) is 6.92 Å². The predicted octanol–water partition coefficient (Wildman–Crippen LogP) is -1.08. The van der Waals surface area contributed by atoms with Crippen LogP contribution in [0.15, 0.2) is 29.3 Å². The third kappa shape index (κ3) is 11.2. The van der Waals surface area contributed by atoms with Gasteiger partial charge in [-0.25, -0.2) is 4.79 Å². The Kier molecular flexibility index (Phi) is 12.9. The summed E-state index contributed by atoms with van der Waals surface area (Å²) in [4.78, 5) is 54.2. The largest absolute Gasteiger partial charge is 0.508 e. The molecule has 0 heterocycles. The van der Waals surface area contributed by atoms with Crippen LogP contribution in [0.2, 0.25) is 0 Å². The van der Waals surface area contributed by atoms with Gasteiger partial charge >= 0.3 is 5.97 Å². The second-order valence-electron chi connectivity index (χ2n) is 8.94. The molecule has 206 valence electrons. The summed E-state index contributed by atoms with van der Waals surface area (Å²) in [6, 6.07) is 1.70. The van der Waals surface area contributed by atoms with E-state index in [-0.39, 0.29) is 37.0 Å². The van der Waals surface area contributed by atoms with Gasteiger partial charge in [-0.3, -0.25) is 19.4 Å². The van der Waals surface area contributed by atoms with E-state index in [9.17, 15) is 29.4 Å². The highest BCUT2D eigenvalue weighted by molar-refractivity contribution is 5.94. The quantitative estimate of drug-likeness (QED) is 0.0794. The molecule has 0 saturated carbocycles. The van der Waals surface area contributed by atoms with E-state index in [1.165, 1.54) is 19.1 Å². The minimum absolute atomic E-state index is 0.0233. The van der Waals surface area contributed by atoms with Crippen molar-refractivity contribution in [2.45, 2.75) is 70.6 Å². The van der Waals surface area contributed by atoms with Gasteiger partial charge < -0.3 is 43.4 Å². The molecule has 11 N–H and O–H groups in total. The number of nitrogens with one attached hydrogen (secondary N) is 3. The molecular formula is C24H39N7O6. The number of carbonyl (C=O) groups is 4. The zero-order valence-electron chi connectivity index (χ0n) is 21.4. The first-order valence-corrected chi connectivity index (χ1v) is 12.1. The number of aromatic hydroxyl groups is 1. The molecule has 0 radical (unpaired) electrons. The summed E-state index contributed by atoms with van der Waals surface area (Å²) in [5, 5.41) is 26.8. The van der Waals surface area contributed by atoms with E-state index in [2.05, 4.69) is 20.9 Å². The molecule has 1 aromatic rings. The average molecular weight is 522 g/mol. The molecule has 1 rings (SSSR count). The molecule has 0 saturated heterocycles. The van der Waals surface area contributed by atoms with E-state index in [4.69, 9.17) is 17.2 Å². The maximum absolute atomic E-state index is 13.1. The van der Waals surface area contributed by atoms with Crippen molar-refractivity contribution < 1.29 is 29.4 Å². The second-order valence-corrected chi connectivity index (χ2v) is 8.94. The van der Waals surface area contributed by atoms with Crippen LogP contribution < -0.4 is 33.2 Å². The molecule has 0 fully saturated rings. The van der Waals surface area contributed by atoms with Gasteiger partial charge in [0.25, 0.3) is 0 Å². The van der Waals surface area contributed by atoms with Crippen molar-refractivity contribution in [2.24, 2.45) is 28.1 Å². The number of hydrogen-bond acceptors (Lipinski definition) is 7. The van der Waals surface area contributed by atoms with Gasteiger partial charge in [-0.1, -0.05) is 32.4 Å². The molecular weight excluding hydrogens is 482 g/mol. The van der Waals surface area contributed by atoms with Crippen LogP contribution >= 0.6 is 0 Å². The summed E-state index contributed by atoms with van der Waals surface area (Å²) in [5.41, 5.74) is 16.9. The third-order valence-electron chi connectivity index (χ3n) is 5.78. The maximum Gasteiger partial charge on any atom is 0.326 e. The number of hydrogen-bond donors (Lipinski definition) is 8. The van der Waals surface area contributed by atoms with Crippen molar-refractivity contribution in [1.29, 1.82) is 0 Å². The van der Waals surface area contributed by atoms with Crippen LogP contribution in [0.5, 0.6) is 5.75 Å². The Morgan fingerprint density at radius 2 is 1.54 bits per heavy atom. The van der Waals surface area contributed by atoms with Gasteiger partial charge in [0.1, 0.15) is 23.9 Å². The summed E-state index contributed by atoms with van der Waals surface area (Å²) in [7, 11) is 0. The highest BCUT2D eigenvalue weighted by Crippen LogP contribution is 2.13. The van der Waals surface area contributed by atoms with Crippen LogP contribution in [0.3, 0.4) is 0 Å². The summed E-state index contributed by atoms with van der Waals surface area (Å²) in [6.45, 7) is 5.30. The maximum atomic E-state index is 13.1. The Labute approximate surface area is 216 Å². The van der Waals surface area contributed by atoms with E-state index < -0.39 is 47.9 Å². The lowest BCUT2D eigenvalue weighted by molar-refractivity contribution is -0.142. The molecule has 13 heteroatoms. The number of aliphatic imine (C=N–C) groups is 1. The fourth-order valence-electron chi connectivity index (χ4n) is 3.36. The number of carboxylic acids is 1. The average Bonchev–Trinajstić information content (AvgIpc) is 2.83. The van der Waals surface area contributed by atoms with E-state index in [0.29, 0.717) is 18.4 Å². The van der Waals surface area contributed by atoms with Gasteiger partial charge in [-0.15, -0.1) is 0 Å². The van der Waals surface area contributed by atoms with Gasteiger partial charge in [0, 0.05) is 13.0 Å². The van der Waals surface area contributed by atoms with E-state index >= 15 is 0 Å². The lowest BCUT2D eigenvalue weighted by atomic mass is 9.97. The number of carboxylic acid groups (broad SMARTS) is 1. The fraction of sp³-hybridized carbons (Fsp3) is 0.542. The van der Waals surface area contributed by atoms with Crippen LogP contribution in [0.1, 0.15) is 45.6 Å². The number of benzene rings is 1. The standard InChI is InChI=1S/C24H39N7O6/c1-4-13(2)19(31-20(33)14(3)25)22(35)29-17(6-5-11-28-24(26)27)21(34)30-18(23(36)37)12-15-7-9-16(32)10-8-15/h7-10,13-14,17-19,32H,4-6,11-12,25H2,1-3H3,(H,29,35)(H,30,34)(H,31,33)(H,36,37)(H4,26,27,28). The zero-order valence-corrected chi connectivity index (χ0v) is 21.4. The molecule has 37 heavy (non-hydrogen) atoms. The predicted molar refractivity (Wildman–Crippen MR) is 138 cm³/mol. The molecule has 0 aromatic heterocycles. The van der Waals surface area contributed by atoms with Crippen molar-refractivity contribution in [3.05, 3.63) is 29.8 Å². The molecule has 5 unspecified atom stereocenters. The molecule has 0 spiro atoms. The van der Waals surface area contributed by atoms with Gasteiger partial charge in [-0.05, 0) is 43.4 Å². The minimum Gasteiger partial charge on any atom is -0.508 e. The Morgan fingerprint density at radius 3 is 2.05 bits per heavy atom. The van der Waals surface area contributed by atoms with Gasteiger partial charge in [0.15, 0.2) is 5.96 Å². The first-order valence-electron chi connectivity index (χ1n) is 12.1. The van der Waals surface area contributed by atoms with Gasteiger partial charge in [-0.2, -0.15) is 0 Å². The SMILES string of the molecule is CCC(C)C(NC(=O)C(C)N)C(=O)NC(CCCN=C(N)N)C(=O)NC(Cc1ccc(O)cc1)C(=O)O. The Morgan fingerprint density at radius 1 is 0.946 bits per heavy atom. The molecule has 0 aliphatic heterocycles. The molecule has 5 atom stereocenters. The molecule has 0 aliphatic rings. The molecule has 0 aliphatic carbocycles. The smallest absolute Gasteiger partial charge is 0.326 e. The second kappa shape index (κ2) is 15.3. The zero-order chi connectivity index (χ0) is 28.1. The summed E-state index contributed by atoms with van der Waals surface area (Å²) < 4.78 is 0. The van der Waals surface area contributed by atoms with Crippen LogP contribution in [0.4, 0.5) is 0 Å². The van der Waals surface area contributed by atoms with Crippen molar-refractivity contribution >= 4 is 29.7 Å². The number of rotatable bonds is 15. The lowest BCUT2D eigenvalue weighted by Crippen LogP contribution is -2.58. The molecule has 3 amide bonds. The summed E-state index contributed by atoms with van der Waals surface area (Å²) in [5.74, 6) is -3.48. The van der Waals surface area contributed by atoms with Crippen molar-refractivity contribution in [2.75, 3.05) is 6.54 Å². The van der Waals surface area contributed by atoms with Gasteiger partial charge in [0.2, 0.25) is 17.7 Å². The Hall–Kier alpha value is -3.87. The Balaban J connectivity index is 3.08. The minimum atomic E-state index is -1.29. The fourth-order valence-corrected chi connectivity index (χ4v) is 3.36. The Bertz CT molecular complexity index is 947. The molecule has 1 aromatic carbocycles. The number of aliphatic carboxylic acids is 1. The summed E-state index contributed by atoms with van der Waals surface area (Å²) in [6.07, 6.45) is 0.933. The van der Waals surface area contributed by atoms with Crippen molar-refractivity contribution in [3.8, 4) is 5.75 Å². The number of phenolic OH excluding ortho intramolecular Hbond substituents is 1. The lowest BCUT2D eigenvalue weighted by Gasteiger charge is -2.27. The van der Waals surface area contributed by atoms with Crippen molar-refractivity contribution in [3.63, 3.8) is 0 Å². The number of nitrogens with two attached hydrogens (primary N) is 3.